The van der Waals surface area contributed by atoms with Gasteiger partial charge in [0.15, 0.2) is 5.70 Å². The van der Waals surface area contributed by atoms with Crippen LogP contribution in [-0.4, -0.2) is 23.3 Å². The number of benzene rings is 1. The van der Waals surface area contributed by atoms with Crippen LogP contribution in [0.3, 0.4) is 0 Å². The van der Waals surface area contributed by atoms with Gasteiger partial charge in [-0.2, -0.15) is 0 Å². The standard InChI is InChI=1S/C17H14BrClN2O2/c1-2-23-17(22)16-14(18)8-13(21-16)6-10-3-4-15-11(5-10)7-12(19)9-20-15/h3-5,7,9H,2,6,8H2,1H3. The average Bonchev–Trinajstić information content (AvgIpc) is 2.87. The molecular weight excluding hydrogens is 380 g/mol. The van der Waals surface area contributed by atoms with Crippen LogP contribution in [0.4, 0.5) is 0 Å². The van der Waals surface area contributed by atoms with E-state index in [1.165, 1.54) is 0 Å². The van der Waals surface area contributed by atoms with Crippen molar-refractivity contribution in [3.63, 3.8) is 0 Å². The molecule has 0 aliphatic carbocycles. The molecule has 2 heterocycles. The maximum Gasteiger partial charge on any atom is 0.357 e. The van der Waals surface area contributed by atoms with Crippen molar-refractivity contribution in [1.82, 2.24) is 4.98 Å². The molecule has 0 unspecified atom stereocenters. The number of carbonyl (C=O) groups excluding carboxylic acids is 1. The van der Waals surface area contributed by atoms with E-state index in [-0.39, 0.29) is 5.97 Å². The van der Waals surface area contributed by atoms with Gasteiger partial charge in [-0.05, 0) is 30.7 Å². The van der Waals surface area contributed by atoms with E-state index < -0.39 is 0 Å². The summed E-state index contributed by atoms with van der Waals surface area (Å²) in [5.41, 5.74) is 3.30. The number of fused-ring (bicyclic) bond motifs is 1. The van der Waals surface area contributed by atoms with E-state index in [4.69, 9.17) is 16.3 Å². The number of aliphatic imine (C=N–C) groups is 1. The molecule has 3 rings (SSSR count). The normalized spacial score (nSPS) is 14.3. The van der Waals surface area contributed by atoms with Gasteiger partial charge in [-0.3, -0.25) is 4.98 Å². The van der Waals surface area contributed by atoms with Gasteiger partial charge >= 0.3 is 5.97 Å². The van der Waals surface area contributed by atoms with Gasteiger partial charge in [-0.1, -0.05) is 33.6 Å². The molecule has 1 aliphatic rings. The summed E-state index contributed by atoms with van der Waals surface area (Å²) in [4.78, 5) is 20.5. The van der Waals surface area contributed by atoms with Gasteiger partial charge in [0.1, 0.15) is 0 Å². The molecule has 4 nitrogen and oxygen atoms in total. The molecule has 23 heavy (non-hydrogen) atoms. The van der Waals surface area contributed by atoms with Gasteiger partial charge in [-0.15, -0.1) is 0 Å². The van der Waals surface area contributed by atoms with Gasteiger partial charge in [0.05, 0.1) is 17.1 Å². The lowest BCUT2D eigenvalue weighted by Gasteiger charge is -2.04. The van der Waals surface area contributed by atoms with E-state index in [9.17, 15) is 4.79 Å². The number of pyridine rings is 1. The van der Waals surface area contributed by atoms with Crippen LogP contribution in [0.15, 0.2) is 45.6 Å². The number of esters is 1. The molecule has 0 saturated carbocycles. The highest BCUT2D eigenvalue weighted by atomic mass is 79.9. The van der Waals surface area contributed by atoms with E-state index in [2.05, 4.69) is 25.9 Å². The Bertz CT molecular complexity index is 846. The fourth-order valence-corrected chi connectivity index (χ4v) is 3.22. The number of aromatic nitrogens is 1. The van der Waals surface area contributed by atoms with Crippen molar-refractivity contribution in [2.45, 2.75) is 19.8 Å². The summed E-state index contributed by atoms with van der Waals surface area (Å²) in [6.45, 7) is 2.12. The summed E-state index contributed by atoms with van der Waals surface area (Å²) in [7, 11) is 0. The summed E-state index contributed by atoms with van der Waals surface area (Å²) >= 11 is 9.41. The molecule has 118 valence electrons. The molecule has 0 bridgehead atoms. The van der Waals surface area contributed by atoms with Crippen molar-refractivity contribution in [2.75, 3.05) is 6.61 Å². The second-order valence-corrected chi connectivity index (χ2v) is 6.58. The van der Waals surface area contributed by atoms with Gasteiger partial charge in [0.2, 0.25) is 0 Å². The summed E-state index contributed by atoms with van der Waals surface area (Å²) in [5.74, 6) is -0.385. The highest BCUT2D eigenvalue weighted by molar-refractivity contribution is 9.11. The van der Waals surface area contributed by atoms with Gasteiger partial charge in [0, 0.05) is 34.6 Å². The fraction of sp³-hybridized carbons (Fsp3) is 0.235. The SMILES string of the molecule is CCOC(=O)C1=C(Br)CC(Cc2ccc3ncc(Cl)cc3c2)=N1. The fourth-order valence-electron chi connectivity index (χ4n) is 2.48. The number of rotatable bonds is 4. The summed E-state index contributed by atoms with van der Waals surface area (Å²) in [5, 5.41) is 1.60. The zero-order valence-electron chi connectivity index (χ0n) is 12.5. The highest BCUT2D eigenvalue weighted by Crippen LogP contribution is 2.28. The van der Waals surface area contributed by atoms with Crippen LogP contribution in [0.25, 0.3) is 10.9 Å². The molecule has 0 saturated heterocycles. The Balaban J connectivity index is 1.80. The lowest BCUT2D eigenvalue weighted by Crippen LogP contribution is -2.06. The van der Waals surface area contributed by atoms with Crippen molar-refractivity contribution < 1.29 is 9.53 Å². The number of nitrogens with zero attached hydrogens (tertiary/aromatic N) is 2. The maximum absolute atomic E-state index is 11.8. The molecule has 1 aromatic heterocycles. The second kappa shape index (κ2) is 6.81. The number of halogens is 2. The smallest absolute Gasteiger partial charge is 0.357 e. The first-order valence-corrected chi connectivity index (χ1v) is 8.40. The topological polar surface area (TPSA) is 51.5 Å². The van der Waals surface area contributed by atoms with E-state index in [1.54, 1.807) is 13.1 Å². The first kappa shape index (κ1) is 16.1. The third-order valence-electron chi connectivity index (χ3n) is 3.48. The number of carbonyl (C=O) groups is 1. The molecular formula is C17H14BrClN2O2. The quantitative estimate of drug-likeness (QED) is 0.721. The van der Waals surface area contributed by atoms with Crippen LogP contribution in [-0.2, 0) is 16.0 Å². The van der Waals surface area contributed by atoms with Gasteiger partial charge in [-0.25, -0.2) is 9.79 Å². The number of hydrogen-bond donors (Lipinski definition) is 0. The Morgan fingerprint density at radius 1 is 1.39 bits per heavy atom. The predicted molar refractivity (Wildman–Crippen MR) is 95.1 cm³/mol. The monoisotopic (exact) mass is 392 g/mol. The summed E-state index contributed by atoms with van der Waals surface area (Å²) < 4.78 is 5.78. The van der Waals surface area contributed by atoms with Crippen molar-refractivity contribution in [2.24, 2.45) is 4.99 Å². The van der Waals surface area contributed by atoms with Crippen molar-refractivity contribution in [1.29, 1.82) is 0 Å². The van der Waals surface area contributed by atoms with E-state index in [1.807, 2.05) is 24.3 Å². The van der Waals surface area contributed by atoms with E-state index >= 15 is 0 Å². The van der Waals surface area contributed by atoms with Crippen LogP contribution in [0, 0.1) is 0 Å². The zero-order valence-corrected chi connectivity index (χ0v) is 14.8. The van der Waals surface area contributed by atoms with Crippen LogP contribution >= 0.6 is 27.5 Å². The lowest BCUT2D eigenvalue weighted by atomic mass is 10.0. The van der Waals surface area contributed by atoms with Crippen LogP contribution < -0.4 is 0 Å². The zero-order chi connectivity index (χ0) is 16.4. The Morgan fingerprint density at radius 3 is 3.00 bits per heavy atom. The van der Waals surface area contributed by atoms with Crippen molar-refractivity contribution >= 4 is 50.1 Å². The van der Waals surface area contributed by atoms with Crippen LogP contribution in [0.1, 0.15) is 18.9 Å². The van der Waals surface area contributed by atoms with E-state index in [0.29, 0.717) is 30.2 Å². The number of allylic oxidation sites excluding steroid dienone is 1. The molecule has 0 radical (unpaired) electrons. The third-order valence-corrected chi connectivity index (χ3v) is 4.34. The molecule has 1 aromatic carbocycles. The molecule has 2 aromatic rings. The Labute approximate surface area is 147 Å². The molecule has 0 fully saturated rings. The maximum atomic E-state index is 11.8. The van der Waals surface area contributed by atoms with Crippen molar-refractivity contribution in [3.05, 3.63) is 51.2 Å². The molecule has 6 heteroatoms. The third kappa shape index (κ3) is 3.62. The predicted octanol–water partition coefficient (Wildman–Crippen LogP) is 4.45. The molecule has 1 aliphatic heterocycles. The Morgan fingerprint density at radius 2 is 2.22 bits per heavy atom. The lowest BCUT2D eigenvalue weighted by molar-refractivity contribution is -0.138. The minimum absolute atomic E-state index is 0.339. The van der Waals surface area contributed by atoms with Crippen LogP contribution in [0.2, 0.25) is 5.02 Å². The Kier molecular flexibility index (Phi) is 4.78. The Hall–Kier alpha value is -1.72. The number of ether oxygens (including phenoxy) is 1. The minimum Gasteiger partial charge on any atom is -0.461 e. The number of hydrogen-bond acceptors (Lipinski definition) is 4. The first-order valence-electron chi connectivity index (χ1n) is 7.23. The molecule has 0 amide bonds. The van der Waals surface area contributed by atoms with Gasteiger partial charge < -0.3 is 4.74 Å². The second-order valence-electron chi connectivity index (χ2n) is 5.19. The first-order chi connectivity index (χ1) is 11.1. The van der Waals surface area contributed by atoms with Gasteiger partial charge in [0.25, 0.3) is 0 Å². The highest BCUT2D eigenvalue weighted by Gasteiger charge is 2.22. The van der Waals surface area contributed by atoms with E-state index in [0.717, 1.165) is 26.7 Å². The summed E-state index contributed by atoms with van der Waals surface area (Å²) in [6, 6.07) is 7.92. The minimum atomic E-state index is -0.385. The molecule has 0 N–H and O–H groups in total. The summed E-state index contributed by atoms with van der Waals surface area (Å²) in [6.07, 6.45) is 2.93. The molecule has 0 spiro atoms. The van der Waals surface area contributed by atoms with Crippen molar-refractivity contribution in [3.8, 4) is 0 Å². The largest absolute Gasteiger partial charge is 0.461 e. The molecule has 0 atom stereocenters. The average molecular weight is 394 g/mol. The van der Waals surface area contributed by atoms with Crippen LogP contribution in [0.5, 0.6) is 0 Å².